The van der Waals surface area contributed by atoms with Gasteiger partial charge in [-0.05, 0) is 5.92 Å². The monoisotopic (exact) mass is 213 g/mol. The molecule has 0 aliphatic rings. The van der Waals surface area contributed by atoms with Gasteiger partial charge in [-0.2, -0.15) is 0 Å². The van der Waals surface area contributed by atoms with Crippen molar-refractivity contribution in [3.05, 3.63) is 15.6 Å². The van der Waals surface area contributed by atoms with E-state index in [1.54, 1.807) is 14.0 Å². The summed E-state index contributed by atoms with van der Waals surface area (Å²) in [6.07, 6.45) is 0. The van der Waals surface area contributed by atoms with Crippen LogP contribution in [0.1, 0.15) is 47.1 Å². The van der Waals surface area contributed by atoms with Gasteiger partial charge in [0, 0.05) is 14.0 Å². The highest BCUT2D eigenvalue weighted by Crippen LogP contribution is 2.25. The molecule has 14 heavy (non-hydrogen) atoms. The summed E-state index contributed by atoms with van der Waals surface area (Å²) in [4.78, 5) is 16.5. The minimum absolute atomic E-state index is 0.0913. The van der Waals surface area contributed by atoms with Crippen molar-refractivity contribution in [2.45, 2.75) is 33.3 Å². The Labute approximate surface area is 88.1 Å². The molecule has 0 aliphatic heterocycles. The van der Waals surface area contributed by atoms with Gasteiger partial charge >= 0.3 is 0 Å². The van der Waals surface area contributed by atoms with Gasteiger partial charge in [-0.3, -0.25) is 4.79 Å². The van der Waals surface area contributed by atoms with E-state index in [1.165, 1.54) is 11.3 Å². The van der Waals surface area contributed by atoms with Crippen LogP contribution in [0.4, 0.5) is 0 Å². The van der Waals surface area contributed by atoms with E-state index in [9.17, 15) is 4.79 Å². The first-order valence-electron chi connectivity index (χ1n) is 4.55. The molecule has 1 heterocycles. The summed E-state index contributed by atoms with van der Waals surface area (Å²) in [7, 11) is 1.63. The molecular formula is C10H15NO2S. The minimum atomic E-state index is 0.0913. The molecule has 0 aromatic carbocycles. The number of rotatable bonds is 4. The first kappa shape index (κ1) is 11.3. The maximum atomic E-state index is 11.3. The Morgan fingerprint density at radius 2 is 2.21 bits per heavy atom. The van der Waals surface area contributed by atoms with Crippen LogP contribution in [0.15, 0.2) is 0 Å². The highest BCUT2D eigenvalue weighted by Gasteiger charge is 2.16. The molecule has 0 atom stereocenters. The van der Waals surface area contributed by atoms with Crippen molar-refractivity contribution >= 4 is 17.1 Å². The first-order valence-corrected chi connectivity index (χ1v) is 5.37. The third-order valence-electron chi connectivity index (χ3n) is 1.83. The van der Waals surface area contributed by atoms with Gasteiger partial charge in [0.2, 0.25) is 0 Å². The smallest absolute Gasteiger partial charge is 0.171 e. The molecule has 4 heteroatoms. The SMILES string of the molecule is COCc1nc(C(C)C)c(C(C)=O)s1. The molecule has 0 N–H and O–H groups in total. The van der Waals surface area contributed by atoms with Gasteiger partial charge in [0.15, 0.2) is 5.78 Å². The predicted octanol–water partition coefficient (Wildman–Crippen LogP) is 2.62. The Kier molecular flexibility index (Phi) is 3.77. The Morgan fingerprint density at radius 3 is 2.57 bits per heavy atom. The van der Waals surface area contributed by atoms with Gasteiger partial charge < -0.3 is 4.74 Å². The number of hydrogen-bond donors (Lipinski definition) is 0. The van der Waals surface area contributed by atoms with Crippen molar-refractivity contribution in [2.24, 2.45) is 0 Å². The van der Waals surface area contributed by atoms with Crippen molar-refractivity contribution in [3.8, 4) is 0 Å². The van der Waals surface area contributed by atoms with Crippen molar-refractivity contribution in [3.63, 3.8) is 0 Å². The molecule has 0 radical (unpaired) electrons. The lowest BCUT2D eigenvalue weighted by Crippen LogP contribution is -1.97. The van der Waals surface area contributed by atoms with E-state index < -0.39 is 0 Å². The second-order valence-corrected chi connectivity index (χ2v) is 4.55. The van der Waals surface area contributed by atoms with Crippen molar-refractivity contribution in [2.75, 3.05) is 7.11 Å². The van der Waals surface area contributed by atoms with Gasteiger partial charge in [-0.15, -0.1) is 11.3 Å². The number of methoxy groups -OCH3 is 1. The van der Waals surface area contributed by atoms with Gasteiger partial charge in [-0.1, -0.05) is 13.8 Å². The molecule has 78 valence electrons. The number of carbonyl (C=O) groups is 1. The highest BCUT2D eigenvalue weighted by atomic mass is 32.1. The summed E-state index contributed by atoms with van der Waals surface area (Å²) >= 11 is 1.43. The Morgan fingerprint density at radius 1 is 1.57 bits per heavy atom. The average Bonchev–Trinajstić information content (AvgIpc) is 2.49. The fourth-order valence-corrected chi connectivity index (χ4v) is 2.29. The van der Waals surface area contributed by atoms with Crippen LogP contribution in [-0.2, 0) is 11.3 Å². The lowest BCUT2D eigenvalue weighted by molar-refractivity contribution is 0.102. The standard InChI is InChI=1S/C10H15NO2S/c1-6(2)9-10(7(3)12)14-8(11-9)5-13-4/h6H,5H2,1-4H3. The maximum Gasteiger partial charge on any atom is 0.171 e. The molecule has 3 nitrogen and oxygen atoms in total. The maximum absolute atomic E-state index is 11.3. The fourth-order valence-electron chi connectivity index (χ4n) is 1.21. The summed E-state index contributed by atoms with van der Waals surface area (Å²) in [6.45, 7) is 6.14. The van der Waals surface area contributed by atoms with Crippen LogP contribution >= 0.6 is 11.3 Å². The number of aromatic nitrogens is 1. The van der Waals surface area contributed by atoms with Gasteiger partial charge in [-0.25, -0.2) is 4.98 Å². The van der Waals surface area contributed by atoms with E-state index in [-0.39, 0.29) is 11.7 Å². The van der Waals surface area contributed by atoms with Crippen LogP contribution in [0.5, 0.6) is 0 Å². The van der Waals surface area contributed by atoms with E-state index in [0.717, 1.165) is 15.6 Å². The topological polar surface area (TPSA) is 39.2 Å². The second-order valence-electron chi connectivity index (χ2n) is 3.47. The van der Waals surface area contributed by atoms with E-state index >= 15 is 0 Å². The van der Waals surface area contributed by atoms with E-state index in [0.29, 0.717) is 6.61 Å². The van der Waals surface area contributed by atoms with Crippen LogP contribution in [-0.4, -0.2) is 17.9 Å². The number of nitrogens with zero attached hydrogens (tertiary/aromatic N) is 1. The molecule has 1 aromatic rings. The number of carbonyl (C=O) groups excluding carboxylic acids is 1. The fraction of sp³-hybridized carbons (Fsp3) is 0.600. The second kappa shape index (κ2) is 4.66. The third-order valence-corrected chi connectivity index (χ3v) is 2.98. The molecule has 0 spiro atoms. The van der Waals surface area contributed by atoms with E-state index in [4.69, 9.17) is 4.74 Å². The highest BCUT2D eigenvalue weighted by molar-refractivity contribution is 7.13. The van der Waals surface area contributed by atoms with E-state index in [1.807, 2.05) is 13.8 Å². The summed E-state index contributed by atoms with van der Waals surface area (Å²) in [5.41, 5.74) is 0.898. The van der Waals surface area contributed by atoms with Crippen molar-refractivity contribution in [1.29, 1.82) is 0 Å². The molecule has 0 amide bonds. The van der Waals surface area contributed by atoms with Crippen LogP contribution in [0.25, 0.3) is 0 Å². The molecule has 0 fully saturated rings. The third kappa shape index (κ3) is 2.39. The lowest BCUT2D eigenvalue weighted by Gasteiger charge is -2.01. The zero-order valence-corrected chi connectivity index (χ0v) is 9.77. The Bertz CT molecular complexity index is 331. The van der Waals surface area contributed by atoms with Crippen LogP contribution in [0.3, 0.4) is 0 Å². The van der Waals surface area contributed by atoms with E-state index in [2.05, 4.69) is 4.98 Å². The number of thiazole rings is 1. The van der Waals surface area contributed by atoms with Crippen LogP contribution < -0.4 is 0 Å². The van der Waals surface area contributed by atoms with Crippen molar-refractivity contribution < 1.29 is 9.53 Å². The molecule has 1 rings (SSSR count). The number of ether oxygens (including phenoxy) is 1. The first-order chi connectivity index (χ1) is 6.56. The number of Topliss-reactive ketones (excluding diaryl/α,β-unsaturated/α-hetero) is 1. The van der Waals surface area contributed by atoms with Gasteiger partial charge in [0.05, 0.1) is 17.2 Å². The van der Waals surface area contributed by atoms with Crippen LogP contribution in [0.2, 0.25) is 0 Å². The summed E-state index contributed by atoms with van der Waals surface area (Å²) < 4.78 is 4.99. The van der Waals surface area contributed by atoms with Gasteiger partial charge in [0.1, 0.15) is 5.01 Å². The van der Waals surface area contributed by atoms with Gasteiger partial charge in [0.25, 0.3) is 0 Å². The van der Waals surface area contributed by atoms with Crippen LogP contribution in [0, 0.1) is 0 Å². The van der Waals surface area contributed by atoms with Crippen molar-refractivity contribution in [1.82, 2.24) is 4.98 Å². The summed E-state index contributed by atoms with van der Waals surface area (Å²) in [5, 5.41) is 0.876. The molecule has 0 saturated carbocycles. The predicted molar refractivity (Wildman–Crippen MR) is 56.9 cm³/mol. The molecule has 0 unspecified atom stereocenters. The normalized spacial score (nSPS) is 10.9. The Hall–Kier alpha value is -0.740. The lowest BCUT2D eigenvalue weighted by atomic mass is 10.1. The number of hydrogen-bond acceptors (Lipinski definition) is 4. The Balaban J connectivity index is 3.06. The largest absolute Gasteiger partial charge is 0.378 e. The summed E-state index contributed by atoms with van der Waals surface area (Å²) in [6, 6.07) is 0. The molecule has 1 aromatic heterocycles. The average molecular weight is 213 g/mol. The molecule has 0 bridgehead atoms. The molecule has 0 saturated heterocycles. The zero-order valence-electron chi connectivity index (χ0n) is 8.96. The molecule has 0 aliphatic carbocycles. The minimum Gasteiger partial charge on any atom is -0.378 e. The summed E-state index contributed by atoms with van der Waals surface area (Å²) in [5.74, 6) is 0.379. The molecular weight excluding hydrogens is 198 g/mol. The zero-order chi connectivity index (χ0) is 10.7. The number of ketones is 1. The quantitative estimate of drug-likeness (QED) is 0.722.